The molecule has 0 saturated carbocycles. The van der Waals surface area contributed by atoms with E-state index in [1.807, 2.05) is 36.0 Å². The predicted octanol–water partition coefficient (Wildman–Crippen LogP) is 2.96. The Balaban J connectivity index is 1.20. The van der Waals surface area contributed by atoms with Crippen LogP contribution in [0.2, 0.25) is 0 Å². The number of unbranched alkanes of at least 4 members (excludes halogenated alkanes) is 1. The fourth-order valence-corrected chi connectivity index (χ4v) is 5.81. The third-order valence-corrected chi connectivity index (χ3v) is 7.08. The standard InChI is InChI=1S/C17H20N4O2S2/c22-14(20-17-19-10-5-1-2-6-12(10)25-17)8-4-3-7-13-15-11(9-24-13)18-16(23)21-15/h1-2,5-6,11,13,15H,3-4,7-9H2,(H2,18,21,23)(H,19,20,22)/t11-,13+,15+/m0/s1. The van der Waals surface area contributed by atoms with Crippen LogP contribution in [0, 0.1) is 0 Å². The minimum atomic E-state index is -0.0458. The molecule has 0 bridgehead atoms. The number of nitrogens with one attached hydrogen (secondary N) is 3. The van der Waals surface area contributed by atoms with E-state index in [0.717, 1.165) is 35.2 Å². The van der Waals surface area contributed by atoms with Gasteiger partial charge in [0.05, 0.1) is 22.3 Å². The highest BCUT2D eigenvalue weighted by Crippen LogP contribution is 2.33. The summed E-state index contributed by atoms with van der Waals surface area (Å²) in [5.41, 5.74) is 0.919. The number of rotatable bonds is 6. The summed E-state index contributed by atoms with van der Waals surface area (Å²) in [5, 5.41) is 9.98. The molecule has 0 aliphatic carbocycles. The summed E-state index contributed by atoms with van der Waals surface area (Å²) >= 11 is 3.42. The van der Waals surface area contributed by atoms with E-state index in [4.69, 9.17) is 0 Å². The van der Waals surface area contributed by atoms with Gasteiger partial charge in [-0.25, -0.2) is 9.78 Å². The number of thioether (sulfide) groups is 1. The summed E-state index contributed by atoms with van der Waals surface area (Å²) in [4.78, 5) is 27.9. The molecule has 3 N–H and O–H groups in total. The molecule has 0 spiro atoms. The first-order valence-electron chi connectivity index (χ1n) is 8.53. The van der Waals surface area contributed by atoms with Crippen molar-refractivity contribution < 1.29 is 9.59 Å². The molecule has 8 heteroatoms. The first-order chi connectivity index (χ1) is 12.2. The summed E-state index contributed by atoms with van der Waals surface area (Å²) < 4.78 is 1.08. The van der Waals surface area contributed by atoms with Gasteiger partial charge < -0.3 is 16.0 Å². The Labute approximate surface area is 154 Å². The van der Waals surface area contributed by atoms with Gasteiger partial charge >= 0.3 is 6.03 Å². The molecular formula is C17H20N4O2S2. The van der Waals surface area contributed by atoms with Crippen molar-refractivity contribution >= 4 is 50.4 Å². The third-order valence-electron chi connectivity index (χ3n) is 4.62. The van der Waals surface area contributed by atoms with Crippen LogP contribution in [0.15, 0.2) is 24.3 Å². The number of carbonyl (C=O) groups excluding carboxylic acids is 2. The number of urea groups is 1. The van der Waals surface area contributed by atoms with Crippen molar-refractivity contribution in [3.63, 3.8) is 0 Å². The topological polar surface area (TPSA) is 83.1 Å². The lowest BCUT2D eigenvalue weighted by atomic mass is 10.0. The molecule has 2 fully saturated rings. The maximum atomic E-state index is 12.1. The van der Waals surface area contributed by atoms with E-state index in [-0.39, 0.29) is 24.0 Å². The highest BCUT2D eigenvalue weighted by molar-refractivity contribution is 8.00. The lowest BCUT2D eigenvalue weighted by molar-refractivity contribution is -0.116. The average molecular weight is 377 g/mol. The molecule has 25 heavy (non-hydrogen) atoms. The molecule has 6 nitrogen and oxygen atoms in total. The van der Waals surface area contributed by atoms with Crippen LogP contribution in [0.1, 0.15) is 25.7 Å². The van der Waals surface area contributed by atoms with Crippen LogP contribution in [-0.4, -0.2) is 40.0 Å². The number of carbonyl (C=O) groups is 2. The van der Waals surface area contributed by atoms with Crippen LogP contribution in [0.3, 0.4) is 0 Å². The minimum absolute atomic E-state index is 0.0202. The Morgan fingerprint density at radius 3 is 3.04 bits per heavy atom. The average Bonchev–Trinajstić information content (AvgIpc) is 3.25. The zero-order valence-corrected chi connectivity index (χ0v) is 15.3. The van der Waals surface area contributed by atoms with Gasteiger partial charge in [0.1, 0.15) is 0 Å². The smallest absolute Gasteiger partial charge is 0.315 e. The number of para-hydroxylation sites is 1. The van der Waals surface area contributed by atoms with Crippen LogP contribution in [0.25, 0.3) is 10.2 Å². The van der Waals surface area contributed by atoms with Crippen molar-refractivity contribution in [3.05, 3.63) is 24.3 Å². The second kappa shape index (κ2) is 7.21. The lowest BCUT2D eigenvalue weighted by Gasteiger charge is -2.16. The van der Waals surface area contributed by atoms with Crippen molar-refractivity contribution in [3.8, 4) is 0 Å². The minimum Gasteiger partial charge on any atom is -0.332 e. The maximum Gasteiger partial charge on any atom is 0.315 e. The molecule has 3 heterocycles. The number of amides is 3. The number of hydrogen-bond donors (Lipinski definition) is 3. The molecule has 4 rings (SSSR count). The van der Waals surface area contributed by atoms with Gasteiger partial charge in [-0.15, -0.1) is 0 Å². The van der Waals surface area contributed by atoms with Crippen molar-refractivity contribution in [2.45, 2.75) is 43.0 Å². The second-order valence-electron chi connectivity index (χ2n) is 6.40. The first-order valence-corrected chi connectivity index (χ1v) is 10.4. The third kappa shape index (κ3) is 3.74. The summed E-state index contributed by atoms with van der Waals surface area (Å²) in [7, 11) is 0. The Morgan fingerprint density at radius 1 is 1.28 bits per heavy atom. The monoisotopic (exact) mass is 376 g/mol. The van der Waals surface area contributed by atoms with Crippen LogP contribution in [-0.2, 0) is 4.79 Å². The van der Waals surface area contributed by atoms with E-state index in [1.54, 1.807) is 0 Å². The molecule has 1 aromatic carbocycles. The molecule has 1 aromatic heterocycles. The predicted molar refractivity (Wildman–Crippen MR) is 102 cm³/mol. The molecule has 3 atom stereocenters. The highest BCUT2D eigenvalue weighted by Gasteiger charge is 2.42. The second-order valence-corrected chi connectivity index (χ2v) is 8.71. The summed E-state index contributed by atoms with van der Waals surface area (Å²) in [5.74, 6) is 0.999. The highest BCUT2D eigenvalue weighted by atomic mass is 32.2. The SMILES string of the molecule is O=C(CCCC[C@H]1SC[C@@H]2NC(=O)N[C@H]21)Nc1nc2ccccc2s1. The summed E-state index contributed by atoms with van der Waals surface area (Å²) in [6, 6.07) is 8.34. The Hall–Kier alpha value is -1.80. The van der Waals surface area contributed by atoms with Crippen LogP contribution >= 0.6 is 23.1 Å². The molecule has 0 radical (unpaired) electrons. The molecule has 3 amide bonds. The van der Waals surface area contributed by atoms with Gasteiger partial charge in [0.15, 0.2) is 5.13 Å². The van der Waals surface area contributed by atoms with Crippen LogP contribution in [0.4, 0.5) is 9.93 Å². The number of nitrogens with zero attached hydrogens (tertiary/aromatic N) is 1. The van der Waals surface area contributed by atoms with E-state index in [1.165, 1.54) is 11.3 Å². The van der Waals surface area contributed by atoms with Gasteiger partial charge in [-0.3, -0.25) is 4.79 Å². The zero-order valence-electron chi connectivity index (χ0n) is 13.7. The molecule has 2 aliphatic heterocycles. The zero-order chi connectivity index (χ0) is 17.2. The Kier molecular flexibility index (Phi) is 4.80. The number of benzene rings is 1. The number of thiazole rings is 1. The van der Waals surface area contributed by atoms with Gasteiger partial charge in [0, 0.05) is 17.4 Å². The fourth-order valence-electron chi connectivity index (χ4n) is 3.38. The molecule has 2 aromatic rings. The quantitative estimate of drug-likeness (QED) is 0.535. The Morgan fingerprint density at radius 2 is 2.16 bits per heavy atom. The number of aromatic nitrogens is 1. The van der Waals surface area contributed by atoms with Crippen molar-refractivity contribution in [1.29, 1.82) is 0 Å². The maximum absolute atomic E-state index is 12.1. The first kappa shape index (κ1) is 16.7. The molecule has 2 saturated heterocycles. The molecule has 2 aliphatic rings. The van der Waals surface area contributed by atoms with E-state index in [9.17, 15) is 9.59 Å². The normalized spacial score (nSPS) is 24.8. The number of fused-ring (bicyclic) bond motifs is 2. The largest absolute Gasteiger partial charge is 0.332 e. The number of hydrogen-bond acceptors (Lipinski definition) is 5. The van der Waals surface area contributed by atoms with Gasteiger partial charge in [0.25, 0.3) is 0 Å². The van der Waals surface area contributed by atoms with Crippen molar-refractivity contribution in [2.75, 3.05) is 11.1 Å². The van der Waals surface area contributed by atoms with E-state index in [2.05, 4.69) is 20.9 Å². The molecule has 132 valence electrons. The Bertz CT molecular complexity index is 761. The summed E-state index contributed by atoms with van der Waals surface area (Å²) in [6.45, 7) is 0. The van der Waals surface area contributed by atoms with Crippen molar-refractivity contribution in [2.24, 2.45) is 0 Å². The summed E-state index contributed by atoms with van der Waals surface area (Å²) in [6.07, 6.45) is 3.38. The van der Waals surface area contributed by atoms with Gasteiger partial charge in [0.2, 0.25) is 5.91 Å². The van der Waals surface area contributed by atoms with Crippen LogP contribution in [0.5, 0.6) is 0 Å². The fraction of sp³-hybridized carbons (Fsp3) is 0.471. The van der Waals surface area contributed by atoms with Crippen molar-refractivity contribution in [1.82, 2.24) is 15.6 Å². The van der Waals surface area contributed by atoms with Crippen LogP contribution < -0.4 is 16.0 Å². The van der Waals surface area contributed by atoms with Gasteiger partial charge in [-0.1, -0.05) is 29.9 Å². The lowest BCUT2D eigenvalue weighted by Crippen LogP contribution is -2.36. The van der Waals surface area contributed by atoms with Gasteiger partial charge in [-0.05, 0) is 25.0 Å². The van der Waals surface area contributed by atoms with E-state index >= 15 is 0 Å². The van der Waals surface area contributed by atoms with Gasteiger partial charge in [-0.2, -0.15) is 11.8 Å². The van der Waals surface area contributed by atoms with E-state index < -0.39 is 0 Å². The number of anilines is 1. The molecular weight excluding hydrogens is 356 g/mol. The molecule has 0 unspecified atom stereocenters. The van der Waals surface area contributed by atoms with E-state index in [0.29, 0.717) is 16.8 Å².